The van der Waals surface area contributed by atoms with Gasteiger partial charge >= 0.3 is 0 Å². The van der Waals surface area contributed by atoms with Crippen LogP contribution < -0.4 is 10.2 Å². The van der Waals surface area contributed by atoms with Gasteiger partial charge in [-0.05, 0) is 43.4 Å². The van der Waals surface area contributed by atoms with Gasteiger partial charge in [0.15, 0.2) is 0 Å². The molecule has 0 atom stereocenters. The van der Waals surface area contributed by atoms with E-state index in [2.05, 4.69) is 29.4 Å². The Morgan fingerprint density at radius 1 is 1.17 bits per heavy atom. The van der Waals surface area contributed by atoms with E-state index >= 15 is 0 Å². The molecule has 0 aliphatic carbocycles. The number of nitrogens with zero attached hydrogens (tertiary/aromatic N) is 2. The van der Waals surface area contributed by atoms with Crippen LogP contribution in [0.1, 0.15) is 31.7 Å². The van der Waals surface area contributed by atoms with E-state index < -0.39 is 0 Å². The molecule has 0 unspecified atom stereocenters. The van der Waals surface area contributed by atoms with Crippen LogP contribution in [0.4, 0.5) is 11.4 Å². The fourth-order valence-corrected chi connectivity index (χ4v) is 3.54. The number of fused-ring (bicyclic) bond motifs is 1. The zero-order valence-corrected chi connectivity index (χ0v) is 14.0. The highest BCUT2D eigenvalue weighted by atomic mass is 16.2. The zero-order valence-electron chi connectivity index (χ0n) is 14.0. The van der Waals surface area contributed by atoms with Gasteiger partial charge in [0, 0.05) is 50.9 Å². The van der Waals surface area contributed by atoms with Gasteiger partial charge in [0.2, 0.25) is 11.8 Å². The SMILES string of the molecule is CC(=O)N1CCC(C(=O)Nc2ccc3c(c2)N(C)CCC3)CC1. The van der Waals surface area contributed by atoms with Crippen LogP contribution in [-0.4, -0.2) is 43.4 Å². The molecule has 5 heteroatoms. The summed E-state index contributed by atoms with van der Waals surface area (Å²) in [5.74, 6) is 0.174. The van der Waals surface area contributed by atoms with E-state index in [1.807, 2.05) is 11.0 Å². The molecule has 0 bridgehead atoms. The Bertz CT molecular complexity index is 606. The number of aryl methyl sites for hydroxylation is 1. The van der Waals surface area contributed by atoms with Crippen molar-refractivity contribution in [2.45, 2.75) is 32.6 Å². The lowest BCUT2D eigenvalue weighted by molar-refractivity contribution is -0.132. The number of likely N-dealkylation sites (tertiary alicyclic amines) is 1. The molecule has 2 aliphatic heterocycles. The molecule has 0 spiro atoms. The van der Waals surface area contributed by atoms with Gasteiger partial charge < -0.3 is 15.1 Å². The second-order valence-corrected chi connectivity index (χ2v) is 6.64. The summed E-state index contributed by atoms with van der Waals surface area (Å²) < 4.78 is 0. The Kier molecular flexibility index (Phi) is 4.55. The summed E-state index contributed by atoms with van der Waals surface area (Å²) in [4.78, 5) is 27.9. The number of carbonyl (C=O) groups excluding carboxylic acids is 2. The largest absolute Gasteiger partial charge is 0.374 e. The van der Waals surface area contributed by atoms with E-state index in [9.17, 15) is 9.59 Å². The highest BCUT2D eigenvalue weighted by Gasteiger charge is 2.26. The maximum Gasteiger partial charge on any atom is 0.227 e. The van der Waals surface area contributed by atoms with Crippen molar-refractivity contribution in [1.29, 1.82) is 0 Å². The summed E-state index contributed by atoms with van der Waals surface area (Å²) >= 11 is 0. The lowest BCUT2D eigenvalue weighted by Gasteiger charge is -2.31. The van der Waals surface area contributed by atoms with Crippen LogP contribution in [0.25, 0.3) is 0 Å². The van der Waals surface area contributed by atoms with E-state index in [-0.39, 0.29) is 17.7 Å². The molecule has 124 valence electrons. The van der Waals surface area contributed by atoms with Gasteiger partial charge in [-0.2, -0.15) is 0 Å². The Hall–Kier alpha value is -2.04. The molecule has 23 heavy (non-hydrogen) atoms. The average molecular weight is 315 g/mol. The third-order valence-electron chi connectivity index (χ3n) is 5.01. The summed E-state index contributed by atoms with van der Waals surface area (Å²) in [6.45, 7) is 4.01. The third-order valence-corrected chi connectivity index (χ3v) is 5.01. The van der Waals surface area contributed by atoms with Crippen molar-refractivity contribution in [1.82, 2.24) is 4.90 Å². The van der Waals surface area contributed by atoms with Crippen molar-refractivity contribution < 1.29 is 9.59 Å². The quantitative estimate of drug-likeness (QED) is 0.911. The Labute approximate surface area is 137 Å². The van der Waals surface area contributed by atoms with E-state index in [0.717, 1.165) is 31.5 Å². The summed E-state index contributed by atoms with van der Waals surface area (Å²) in [6, 6.07) is 6.21. The van der Waals surface area contributed by atoms with Gasteiger partial charge in [-0.15, -0.1) is 0 Å². The molecule has 1 aromatic rings. The molecule has 0 radical (unpaired) electrons. The molecule has 5 nitrogen and oxygen atoms in total. The molecule has 1 N–H and O–H groups in total. The number of rotatable bonds is 2. The third kappa shape index (κ3) is 3.49. The first-order valence-electron chi connectivity index (χ1n) is 8.45. The van der Waals surface area contributed by atoms with Gasteiger partial charge in [0.05, 0.1) is 0 Å². The minimum absolute atomic E-state index is 0.000591. The zero-order chi connectivity index (χ0) is 16.4. The molecule has 2 heterocycles. The number of carbonyl (C=O) groups is 2. The van der Waals surface area contributed by atoms with Crippen molar-refractivity contribution in [3.05, 3.63) is 23.8 Å². The molecular formula is C18H25N3O2. The Morgan fingerprint density at radius 3 is 2.61 bits per heavy atom. The van der Waals surface area contributed by atoms with Crippen molar-refractivity contribution in [2.75, 3.05) is 36.9 Å². The van der Waals surface area contributed by atoms with Crippen LogP contribution in [0.3, 0.4) is 0 Å². The predicted molar refractivity (Wildman–Crippen MR) is 91.6 cm³/mol. The summed E-state index contributed by atoms with van der Waals surface area (Å²) in [6.07, 6.45) is 3.79. The van der Waals surface area contributed by atoms with Gasteiger partial charge in [0.1, 0.15) is 0 Å². The molecule has 1 saturated heterocycles. The molecule has 2 aliphatic rings. The smallest absolute Gasteiger partial charge is 0.227 e. The van der Waals surface area contributed by atoms with Crippen LogP contribution >= 0.6 is 0 Å². The average Bonchev–Trinajstić information content (AvgIpc) is 2.55. The summed E-state index contributed by atoms with van der Waals surface area (Å²) in [5, 5.41) is 3.06. The molecule has 2 amide bonds. The lowest BCUT2D eigenvalue weighted by Crippen LogP contribution is -2.40. The first-order valence-corrected chi connectivity index (χ1v) is 8.45. The molecule has 1 fully saturated rings. The number of amides is 2. The van der Waals surface area contributed by atoms with E-state index in [1.54, 1.807) is 6.92 Å². The first-order chi connectivity index (χ1) is 11.0. The number of hydrogen-bond acceptors (Lipinski definition) is 3. The Morgan fingerprint density at radius 2 is 1.91 bits per heavy atom. The van der Waals surface area contributed by atoms with Crippen molar-refractivity contribution in [3.8, 4) is 0 Å². The van der Waals surface area contributed by atoms with Gasteiger partial charge in [-0.3, -0.25) is 9.59 Å². The second-order valence-electron chi connectivity index (χ2n) is 6.64. The Balaban J connectivity index is 1.62. The number of piperidine rings is 1. The molecule has 3 rings (SSSR count). The van der Waals surface area contributed by atoms with Crippen LogP contribution in [-0.2, 0) is 16.0 Å². The van der Waals surface area contributed by atoms with E-state index in [4.69, 9.17) is 0 Å². The highest BCUT2D eigenvalue weighted by Crippen LogP contribution is 2.29. The molecule has 0 saturated carbocycles. The number of anilines is 2. The maximum atomic E-state index is 12.5. The second kappa shape index (κ2) is 6.60. The lowest BCUT2D eigenvalue weighted by atomic mass is 9.95. The summed E-state index contributed by atoms with van der Waals surface area (Å²) in [5.41, 5.74) is 3.45. The standard InChI is InChI=1S/C18H25N3O2/c1-13(22)21-10-7-15(8-11-21)18(23)19-16-6-5-14-4-3-9-20(2)17(14)12-16/h5-6,12,15H,3-4,7-11H2,1-2H3,(H,19,23). The molecular weight excluding hydrogens is 290 g/mol. The minimum Gasteiger partial charge on any atom is -0.374 e. The predicted octanol–water partition coefficient (Wildman–Crippen LogP) is 2.27. The van der Waals surface area contributed by atoms with E-state index in [0.29, 0.717) is 13.1 Å². The molecule has 0 aromatic heterocycles. The van der Waals surface area contributed by atoms with Crippen LogP contribution in [0.15, 0.2) is 18.2 Å². The van der Waals surface area contributed by atoms with Crippen LogP contribution in [0.2, 0.25) is 0 Å². The maximum absolute atomic E-state index is 12.5. The fraction of sp³-hybridized carbons (Fsp3) is 0.556. The van der Waals surface area contributed by atoms with Crippen molar-refractivity contribution in [2.24, 2.45) is 5.92 Å². The number of nitrogens with one attached hydrogen (secondary N) is 1. The normalized spacial score (nSPS) is 18.5. The summed E-state index contributed by atoms with van der Waals surface area (Å²) in [7, 11) is 2.10. The van der Waals surface area contributed by atoms with Crippen LogP contribution in [0, 0.1) is 5.92 Å². The van der Waals surface area contributed by atoms with Crippen molar-refractivity contribution in [3.63, 3.8) is 0 Å². The van der Waals surface area contributed by atoms with E-state index in [1.165, 1.54) is 17.7 Å². The van der Waals surface area contributed by atoms with Crippen LogP contribution in [0.5, 0.6) is 0 Å². The van der Waals surface area contributed by atoms with Gasteiger partial charge in [-0.1, -0.05) is 6.07 Å². The van der Waals surface area contributed by atoms with Gasteiger partial charge in [-0.25, -0.2) is 0 Å². The first kappa shape index (κ1) is 15.8. The monoisotopic (exact) mass is 315 g/mol. The van der Waals surface area contributed by atoms with Crippen molar-refractivity contribution >= 4 is 23.2 Å². The van der Waals surface area contributed by atoms with Gasteiger partial charge in [0.25, 0.3) is 0 Å². The number of hydrogen-bond donors (Lipinski definition) is 1. The fourth-order valence-electron chi connectivity index (χ4n) is 3.54. The topological polar surface area (TPSA) is 52.7 Å². The minimum atomic E-state index is -0.000591. The molecule has 1 aromatic carbocycles. The highest BCUT2D eigenvalue weighted by molar-refractivity contribution is 5.93. The number of benzene rings is 1.